The first kappa shape index (κ1) is 16.8. The molecule has 1 aromatic rings. The van der Waals surface area contributed by atoms with Crippen LogP contribution in [0, 0.1) is 11.3 Å². The van der Waals surface area contributed by atoms with E-state index >= 15 is 0 Å². The average molecular weight is 312 g/mol. The third-order valence-electron chi connectivity index (χ3n) is 3.81. The van der Waals surface area contributed by atoms with Crippen molar-refractivity contribution < 1.29 is 14.3 Å². The van der Waals surface area contributed by atoms with Gasteiger partial charge in [-0.05, 0) is 56.9 Å². The smallest absolute Gasteiger partial charge is 0.338 e. The minimum absolute atomic E-state index is 0.206. The number of carbonyl (C=O) groups is 2. The highest BCUT2D eigenvalue weighted by Gasteiger charge is 2.19. The number of ether oxygens (including phenoxy) is 1. The predicted octanol–water partition coefficient (Wildman–Crippen LogP) is 3.02. The van der Waals surface area contributed by atoms with Crippen molar-refractivity contribution in [3.63, 3.8) is 0 Å². The Morgan fingerprint density at radius 2 is 2.00 bits per heavy atom. The summed E-state index contributed by atoms with van der Waals surface area (Å²) in [6.07, 6.45) is 6.21. The molecule has 0 atom stereocenters. The van der Waals surface area contributed by atoms with Crippen LogP contribution in [0.15, 0.2) is 36.0 Å². The Morgan fingerprint density at radius 3 is 2.57 bits per heavy atom. The molecule has 0 N–H and O–H groups in total. The molecule has 1 aromatic carbocycles. The molecule has 0 fully saturated rings. The lowest BCUT2D eigenvalue weighted by Gasteiger charge is -2.26. The minimum atomic E-state index is -0.559. The maximum atomic E-state index is 12.3. The SMILES string of the molecule is CCN(C(=O)COC(=O)c1ccc(C#N)cc1)C1=CCCCC1. The monoisotopic (exact) mass is 312 g/mol. The first-order chi connectivity index (χ1) is 11.2. The molecule has 23 heavy (non-hydrogen) atoms. The number of nitrogens with zero attached hydrogens (tertiary/aromatic N) is 2. The summed E-state index contributed by atoms with van der Waals surface area (Å²) in [5.41, 5.74) is 1.83. The molecule has 5 nitrogen and oxygen atoms in total. The van der Waals surface area contributed by atoms with E-state index < -0.39 is 5.97 Å². The van der Waals surface area contributed by atoms with Gasteiger partial charge in [0.1, 0.15) is 0 Å². The van der Waals surface area contributed by atoms with Crippen molar-refractivity contribution in [2.75, 3.05) is 13.2 Å². The highest BCUT2D eigenvalue weighted by molar-refractivity contribution is 5.91. The molecule has 0 unspecified atom stereocenters. The molecule has 1 aliphatic carbocycles. The number of nitriles is 1. The van der Waals surface area contributed by atoms with Crippen molar-refractivity contribution in [3.8, 4) is 6.07 Å². The molecule has 120 valence electrons. The zero-order valence-corrected chi connectivity index (χ0v) is 13.2. The Balaban J connectivity index is 1.92. The van der Waals surface area contributed by atoms with E-state index in [1.807, 2.05) is 13.0 Å². The number of rotatable bonds is 5. The molecule has 0 aliphatic heterocycles. The number of carbonyl (C=O) groups excluding carboxylic acids is 2. The molecule has 0 bridgehead atoms. The van der Waals surface area contributed by atoms with E-state index in [1.165, 1.54) is 12.1 Å². The molecule has 0 radical (unpaired) electrons. The topological polar surface area (TPSA) is 70.4 Å². The van der Waals surface area contributed by atoms with Crippen LogP contribution in [-0.4, -0.2) is 29.9 Å². The van der Waals surface area contributed by atoms with E-state index in [0.717, 1.165) is 31.4 Å². The number of allylic oxidation sites excluding steroid dienone is 2. The second-order valence-electron chi connectivity index (χ2n) is 5.34. The van der Waals surface area contributed by atoms with Gasteiger partial charge >= 0.3 is 5.97 Å². The fraction of sp³-hybridized carbons (Fsp3) is 0.389. The van der Waals surface area contributed by atoms with Gasteiger partial charge < -0.3 is 9.64 Å². The fourth-order valence-electron chi connectivity index (χ4n) is 2.58. The Bertz CT molecular complexity index is 641. The zero-order valence-electron chi connectivity index (χ0n) is 13.2. The first-order valence-corrected chi connectivity index (χ1v) is 7.82. The van der Waals surface area contributed by atoms with Gasteiger partial charge in [-0.25, -0.2) is 4.79 Å². The number of hydrogen-bond acceptors (Lipinski definition) is 4. The molecular formula is C18H20N2O3. The Labute approximate surface area is 136 Å². The van der Waals surface area contributed by atoms with Crippen LogP contribution in [0.25, 0.3) is 0 Å². The quantitative estimate of drug-likeness (QED) is 0.784. The zero-order chi connectivity index (χ0) is 16.7. The van der Waals surface area contributed by atoms with Crippen LogP contribution in [-0.2, 0) is 9.53 Å². The van der Waals surface area contributed by atoms with Crippen molar-refractivity contribution in [2.45, 2.75) is 32.6 Å². The van der Waals surface area contributed by atoms with Crippen LogP contribution in [0.1, 0.15) is 48.5 Å². The number of hydrogen-bond donors (Lipinski definition) is 0. The van der Waals surface area contributed by atoms with E-state index in [-0.39, 0.29) is 12.5 Å². The Morgan fingerprint density at radius 1 is 1.26 bits per heavy atom. The van der Waals surface area contributed by atoms with E-state index in [4.69, 9.17) is 10.00 Å². The summed E-state index contributed by atoms with van der Waals surface area (Å²) >= 11 is 0. The van der Waals surface area contributed by atoms with Crippen molar-refractivity contribution in [2.24, 2.45) is 0 Å². The summed E-state index contributed by atoms with van der Waals surface area (Å²) in [6.45, 7) is 2.21. The molecule has 0 spiro atoms. The maximum absolute atomic E-state index is 12.3. The van der Waals surface area contributed by atoms with Crippen molar-refractivity contribution >= 4 is 11.9 Å². The van der Waals surface area contributed by atoms with Crippen LogP contribution in [0.4, 0.5) is 0 Å². The summed E-state index contributed by atoms with van der Waals surface area (Å²) in [5, 5.41) is 8.73. The van der Waals surface area contributed by atoms with Crippen LogP contribution < -0.4 is 0 Å². The first-order valence-electron chi connectivity index (χ1n) is 7.82. The number of likely N-dealkylation sites (N-methyl/N-ethyl adjacent to an activating group) is 1. The van der Waals surface area contributed by atoms with E-state index in [9.17, 15) is 9.59 Å². The lowest BCUT2D eigenvalue weighted by molar-refractivity contribution is -0.132. The molecule has 0 aromatic heterocycles. The number of esters is 1. The largest absolute Gasteiger partial charge is 0.452 e. The standard InChI is InChI=1S/C18H20N2O3/c1-2-20(16-6-4-3-5-7-16)17(21)13-23-18(22)15-10-8-14(12-19)9-11-15/h6,8-11H,2-5,7,13H2,1H3. The molecule has 0 saturated carbocycles. The fourth-order valence-corrected chi connectivity index (χ4v) is 2.58. The molecule has 5 heteroatoms. The highest BCUT2D eigenvalue weighted by Crippen LogP contribution is 2.21. The van der Waals surface area contributed by atoms with Gasteiger partial charge in [-0.1, -0.05) is 6.08 Å². The van der Waals surface area contributed by atoms with Gasteiger partial charge in [0.25, 0.3) is 5.91 Å². The summed E-state index contributed by atoms with van der Waals surface area (Å²) in [4.78, 5) is 25.9. The van der Waals surface area contributed by atoms with Crippen molar-refractivity contribution in [1.29, 1.82) is 5.26 Å². The summed E-state index contributed by atoms with van der Waals surface area (Å²) in [7, 11) is 0. The molecular weight excluding hydrogens is 292 g/mol. The number of amides is 1. The third kappa shape index (κ3) is 4.43. The number of benzene rings is 1. The van der Waals surface area contributed by atoms with Crippen LogP contribution >= 0.6 is 0 Å². The summed E-state index contributed by atoms with van der Waals surface area (Å²) < 4.78 is 5.10. The van der Waals surface area contributed by atoms with E-state index in [0.29, 0.717) is 17.7 Å². The average Bonchev–Trinajstić information content (AvgIpc) is 2.61. The Kier molecular flexibility index (Phi) is 5.93. The van der Waals surface area contributed by atoms with Gasteiger partial charge in [-0.2, -0.15) is 5.26 Å². The van der Waals surface area contributed by atoms with Crippen LogP contribution in [0.3, 0.4) is 0 Å². The van der Waals surface area contributed by atoms with Gasteiger partial charge in [0.05, 0.1) is 17.2 Å². The van der Waals surface area contributed by atoms with Crippen molar-refractivity contribution in [3.05, 3.63) is 47.2 Å². The molecule has 2 rings (SSSR count). The molecule has 0 heterocycles. The lowest BCUT2D eigenvalue weighted by atomic mass is 10.0. The normalized spacial score (nSPS) is 13.7. The Hall–Kier alpha value is -2.61. The summed E-state index contributed by atoms with van der Waals surface area (Å²) in [5.74, 6) is -0.765. The van der Waals surface area contributed by atoms with Gasteiger partial charge in [-0.15, -0.1) is 0 Å². The van der Waals surface area contributed by atoms with Gasteiger partial charge in [0.15, 0.2) is 6.61 Å². The van der Waals surface area contributed by atoms with Crippen molar-refractivity contribution in [1.82, 2.24) is 4.90 Å². The molecule has 1 amide bonds. The minimum Gasteiger partial charge on any atom is -0.452 e. The van der Waals surface area contributed by atoms with Crippen LogP contribution in [0.2, 0.25) is 0 Å². The van der Waals surface area contributed by atoms with E-state index in [1.54, 1.807) is 17.0 Å². The molecule has 1 aliphatic rings. The summed E-state index contributed by atoms with van der Waals surface area (Å²) in [6, 6.07) is 8.11. The van der Waals surface area contributed by atoms with Gasteiger partial charge in [0, 0.05) is 12.2 Å². The van der Waals surface area contributed by atoms with Gasteiger partial charge in [0.2, 0.25) is 0 Å². The van der Waals surface area contributed by atoms with Crippen LogP contribution in [0.5, 0.6) is 0 Å². The van der Waals surface area contributed by atoms with Gasteiger partial charge in [-0.3, -0.25) is 4.79 Å². The second-order valence-corrected chi connectivity index (χ2v) is 5.34. The predicted molar refractivity (Wildman–Crippen MR) is 85.4 cm³/mol. The van der Waals surface area contributed by atoms with E-state index in [2.05, 4.69) is 6.08 Å². The molecule has 0 saturated heterocycles. The third-order valence-corrected chi connectivity index (χ3v) is 3.81. The lowest BCUT2D eigenvalue weighted by Crippen LogP contribution is -2.34. The highest BCUT2D eigenvalue weighted by atomic mass is 16.5. The maximum Gasteiger partial charge on any atom is 0.338 e. The second kappa shape index (κ2) is 8.14.